The van der Waals surface area contributed by atoms with Crippen LogP contribution < -0.4 is 10.4 Å². The van der Waals surface area contributed by atoms with Crippen LogP contribution in [0.15, 0.2) is 72.3 Å². The van der Waals surface area contributed by atoms with Crippen LogP contribution in [-0.4, -0.2) is 26.1 Å². The van der Waals surface area contributed by atoms with Crippen LogP contribution in [0.4, 0.5) is 0 Å². The summed E-state index contributed by atoms with van der Waals surface area (Å²) in [7, 11) is -2.46. The van der Waals surface area contributed by atoms with Gasteiger partial charge in [-0.2, -0.15) is 0 Å². The maximum absolute atomic E-state index is 10.1. The molecule has 0 spiro atoms. The van der Waals surface area contributed by atoms with Gasteiger partial charge in [0.15, 0.2) is 0 Å². The third kappa shape index (κ3) is 4.91. The van der Waals surface area contributed by atoms with Crippen molar-refractivity contribution in [3.63, 3.8) is 0 Å². The van der Waals surface area contributed by atoms with Crippen molar-refractivity contribution in [1.82, 2.24) is 0 Å². The molecular formula is C26H36O2Si. The number of aliphatic hydroxyl groups is 1. The molecule has 2 unspecified atom stereocenters. The van der Waals surface area contributed by atoms with Crippen LogP contribution in [0.3, 0.4) is 0 Å². The van der Waals surface area contributed by atoms with Crippen molar-refractivity contribution in [2.75, 3.05) is 6.61 Å². The van der Waals surface area contributed by atoms with Crippen molar-refractivity contribution < 1.29 is 9.53 Å². The zero-order chi connectivity index (χ0) is 20.9. The minimum atomic E-state index is -2.46. The van der Waals surface area contributed by atoms with E-state index in [1.54, 1.807) is 0 Å². The number of rotatable bonds is 6. The summed E-state index contributed by atoms with van der Waals surface area (Å²) in [6.07, 6.45) is 5.83. The standard InChI is InChI=1S/C26H36O2Si/c1-21-20-23(27)13-11-12-22(21)18-19-28-29(26(2,3)4,24-14-7-5-8-15-24)25-16-9-6-10-17-25/h5-10,12,14-17,21,23,27H,11,13,18-20H2,1-4H3. The lowest BCUT2D eigenvalue weighted by molar-refractivity contribution is 0.145. The van der Waals surface area contributed by atoms with Crippen molar-refractivity contribution in [3.8, 4) is 0 Å². The van der Waals surface area contributed by atoms with Gasteiger partial charge in [0, 0.05) is 6.61 Å². The topological polar surface area (TPSA) is 29.5 Å². The lowest BCUT2D eigenvalue weighted by Crippen LogP contribution is -2.66. The zero-order valence-electron chi connectivity index (χ0n) is 18.4. The summed E-state index contributed by atoms with van der Waals surface area (Å²) in [5, 5.41) is 12.7. The lowest BCUT2D eigenvalue weighted by atomic mass is 9.94. The van der Waals surface area contributed by atoms with E-state index in [1.807, 2.05) is 0 Å². The van der Waals surface area contributed by atoms with Crippen LogP contribution >= 0.6 is 0 Å². The fourth-order valence-electron chi connectivity index (χ4n) is 4.77. The van der Waals surface area contributed by atoms with Gasteiger partial charge in [0.25, 0.3) is 8.32 Å². The number of hydrogen-bond acceptors (Lipinski definition) is 2. The largest absolute Gasteiger partial charge is 0.407 e. The van der Waals surface area contributed by atoms with Gasteiger partial charge in [-0.05, 0) is 47.0 Å². The smallest absolute Gasteiger partial charge is 0.261 e. The van der Waals surface area contributed by atoms with E-state index in [1.165, 1.54) is 15.9 Å². The Morgan fingerprint density at radius 3 is 2.03 bits per heavy atom. The first-order valence-electron chi connectivity index (χ1n) is 11.0. The predicted molar refractivity (Wildman–Crippen MR) is 125 cm³/mol. The number of aliphatic hydroxyl groups excluding tert-OH is 1. The Morgan fingerprint density at radius 2 is 1.52 bits per heavy atom. The van der Waals surface area contributed by atoms with Crippen molar-refractivity contribution in [1.29, 1.82) is 0 Å². The van der Waals surface area contributed by atoms with Crippen molar-refractivity contribution in [3.05, 3.63) is 72.3 Å². The SMILES string of the molecule is CC1CC(O)CCC=C1CCO[Si](c1ccccc1)(c1ccccc1)C(C)(C)C. The highest BCUT2D eigenvalue weighted by Crippen LogP contribution is 2.37. The molecule has 1 aliphatic rings. The molecule has 0 aromatic heterocycles. The fraction of sp³-hybridized carbons (Fsp3) is 0.462. The second-order valence-corrected chi connectivity index (χ2v) is 13.7. The van der Waals surface area contributed by atoms with Gasteiger partial charge >= 0.3 is 0 Å². The van der Waals surface area contributed by atoms with Crippen LogP contribution in [0, 0.1) is 5.92 Å². The molecule has 29 heavy (non-hydrogen) atoms. The predicted octanol–water partition coefficient (Wildman–Crippen LogP) is 5.06. The van der Waals surface area contributed by atoms with Crippen molar-refractivity contribution in [2.24, 2.45) is 5.92 Å². The lowest BCUT2D eigenvalue weighted by Gasteiger charge is -2.43. The maximum Gasteiger partial charge on any atom is 0.261 e. The van der Waals surface area contributed by atoms with Gasteiger partial charge in [0.2, 0.25) is 0 Å². The van der Waals surface area contributed by atoms with Crippen LogP contribution in [0.1, 0.15) is 53.4 Å². The Balaban J connectivity index is 1.91. The van der Waals surface area contributed by atoms with Crippen LogP contribution in [0.5, 0.6) is 0 Å². The Bertz CT molecular complexity index is 753. The summed E-state index contributed by atoms with van der Waals surface area (Å²) in [5.74, 6) is 0.426. The monoisotopic (exact) mass is 408 g/mol. The normalized spacial score (nSPS) is 20.8. The Hall–Kier alpha value is -1.68. The van der Waals surface area contributed by atoms with Crippen molar-refractivity contribution in [2.45, 2.75) is 64.5 Å². The molecule has 0 saturated heterocycles. The number of hydrogen-bond donors (Lipinski definition) is 1. The van der Waals surface area contributed by atoms with E-state index in [-0.39, 0.29) is 11.1 Å². The Morgan fingerprint density at radius 1 is 0.966 bits per heavy atom. The first-order valence-corrected chi connectivity index (χ1v) is 12.9. The average molecular weight is 409 g/mol. The molecule has 0 saturated carbocycles. The van der Waals surface area contributed by atoms with Crippen LogP contribution in [0.2, 0.25) is 5.04 Å². The third-order valence-corrected chi connectivity index (χ3v) is 11.3. The molecule has 0 heterocycles. The number of benzene rings is 2. The van der Waals surface area contributed by atoms with E-state index in [2.05, 4.69) is 94.4 Å². The molecule has 3 rings (SSSR count). The molecule has 3 heteroatoms. The summed E-state index contributed by atoms with van der Waals surface area (Å²) in [6.45, 7) is 9.93. The molecule has 2 nitrogen and oxygen atoms in total. The fourth-order valence-corrected chi connectivity index (χ4v) is 9.34. The van der Waals surface area contributed by atoms with Crippen molar-refractivity contribution >= 4 is 18.7 Å². The molecule has 0 fully saturated rings. The first kappa shape index (κ1) is 22.0. The summed E-state index contributed by atoms with van der Waals surface area (Å²) in [4.78, 5) is 0. The molecular weight excluding hydrogens is 372 g/mol. The summed E-state index contributed by atoms with van der Waals surface area (Å²) in [5.41, 5.74) is 1.44. The first-order chi connectivity index (χ1) is 13.8. The zero-order valence-corrected chi connectivity index (χ0v) is 19.4. The highest BCUT2D eigenvalue weighted by atomic mass is 28.4. The molecule has 1 N–H and O–H groups in total. The van der Waals surface area contributed by atoms with Gasteiger partial charge < -0.3 is 9.53 Å². The molecule has 0 amide bonds. The average Bonchev–Trinajstić information content (AvgIpc) is 2.85. The molecule has 1 aliphatic carbocycles. The minimum Gasteiger partial charge on any atom is -0.407 e. The molecule has 2 aromatic carbocycles. The van der Waals surface area contributed by atoms with E-state index in [0.29, 0.717) is 5.92 Å². The van der Waals surface area contributed by atoms with Gasteiger partial charge in [0.05, 0.1) is 6.10 Å². The van der Waals surface area contributed by atoms with Gasteiger partial charge in [-0.3, -0.25) is 0 Å². The van der Waals surface area contributed by atoms with Gasteiger partial charge in [-0.25, -0.2) is 0 Å². The summed E-state index contributed by atoms with van der Waals surface area (Å²) >= 11 is 0. The summed E-state index contributed by atoms with van der Waals surface area (Å²) < 4.78 is 7.02. The highest BCUT2D eigenvalue weighted by Gasteiger charge is 2.50. The third-order valence-electron chi connectivity index (χ3n) is 6.29. The molecule has 156 valence electrons. The molecule has 0 aliphatic heterocycles. The van der Waals surface area contributed by atoms with E-state index in [9.17, 15) is 5.11 Å². The quantitative estimate of drug-likeness (QED) is 0.535. The van der Waals surface area contributed by atoms with Gasteiger partial charge in [0.1, 0.15) is 0 Å². The number of allylic oxidation sites excluding steroid dienone is 1. The minimum absolute atomic E-state index is 0.00928. The molecule has 0 bridgehead atoms. The van der Waals surface area contributed by atoms with Crippen LogP contribution in [0.25, 0.3) is 0 Å². The van der Waals surface area contributed by atoms with Gasteiger partial charge in [-0.15, -0.1) is 0 Å². The second kappa shape index (κ2) is 9.42. The van der Waals surface area contributed by atoms with E-state index in [4.69, 9.17) is 4.43 Å². The van der Waals surface area contributed by atoms with E-state index in [0.717, 1.165) is 32.3 Å². The second-order valence-electron chi connectivity index (χ2n) is 9.41. The maximum atomic E-state index is 10.1. The van der Waals surface area contributed by atoms with E-state index >= 15 is 0 Å². The summed E-state index contributed by atoms with van der Waals surface area (Å²) in [6, 6.07) is 21.7. The Kier molecular flexibility index (Phi) is 7.15. The van der Waals surface area contributed by atoms with Crippen LogP contribution in [-0.2, 0) is 4.43 Å². The van der Waals surface area contributed by atoms with Gasteiger partial charge in [-0.1, -0.05) is 100 Å². The molecule has 0 radical (unpaired) electrons. The molecule has 2 atom stereocenters. The molecule has 2 aromatic rings. The van der Waals surface area contributed by atoms with E-state index < -0.39 is 8.32 Å². The Labute approximate surface area is 177 Å². The highest BCUT2D eigenvalue weighted by molar-refractivity contribution is 6.99.